The molecule has 0 radical (unpaired) electrons. The number of amides is 1. The standard InChI is InChI=1S/C19H36ClN2O8PS/c1-5-6-11-7-8-22(3)12(9-11)18(25)21-13(10(2)20)16-14(23)15(24)17(19(29-16)32-4)30-31(26,27)28/h10-17,19,23-24H,5-9H2,1-4H3,(H,21,25)(H2,26,27,28). The normalized spacial score (nSPS) is 36.5. The molecular weight excluding hydrogens is 483 g/mol. The minimum atomic E-state index is -4.94. The summed E-state index contributed by atoms with van der Waals surface area (Å²) in [6.07, 6.45) is -0.311. The molecule has 10 nitrogen and oxygen atoms in total. The molecule has 0 aromatic rings. The first-order valence-corrected chi connectivity index (χ1v) is 14.1. The van der Waals surface area contributed by atoms with Crippen molar-refractivity contribution in [1.82, 2.24) is 10.2 Å². The summed E-state index contributed by atoms with van der Waals surface area (Å²) in [5.74, 6) is 0.231. The summed E-state index contributed by atoms with van der Waals surface area (Å²) in [6.45, 7) is 4.57. The Morgan fingerprint density at radius 2 is 2.03 bits per heavy atom. The molecule has 0 aromatic carbocycles. The lowest BCUT2D eigenvalue weighted by atomic mass is 9.87. The SMILES string of the molecule is CCCC1CCN(C)C(C(=O)NC(C(C)Cl)C2OC(SC)C(OP(=O)(O)O)C(O)C2O)C1. The Balaban J connectivity index is 2.17. The minimum absolute atomic E-state index is 0.231. The second-order valence-electron chi connectivity index (χ2n) is 8.63. The van der Waals surface area contributed by atoms with Crippen LogP contribution in [-0.4, -0.2) is 98.0 Å². The zero-order valence-corrected chi connectivity index (χ0v) is 21.3. The topological polar surface area (TPSA) is 149 Å². The molecule has 2 heterocycles. The van der Waals surface area contributed by atoms with E-state index < -0.39 is 49.1 Å². The van der Waals surface area contributed by atoms with Crippen LogP contribution in [0.4, 0.5) is 0 Å². The van der Waals surface area contributed by atoms with Crippen molar-refractivity contribution in [3.05, 3.63) is 0 Å². The van der Waals surface area contributed by atoms with Gasteiger partial charge in [0.2, 0.25) is 5.91 Å². The number of nitrogens with zero attached hydrogens (tertiary/aromatic N) is 1. The first-order valence-electron chi connectivity index (χ1n) is 10.8. The number of hydrogen-bond acceptors (Lipinski definition) is 8. The zero-order chi connectivity index (χ0) is 24.2. The van der Waals surface area contributed by atoms with E-state index in [1.54, 1.807) is 13.2 Å². The van der Waals surface area contributed by atoms with Crippen LogP contribution in [0.25, 0.3) is 0 Å². The number of aliphatic hydroxyl groups is 2. The number of hydrogen-bond donors (Lipinski definition) is 5. The van der Waals surface area contributed by atoms with Gasteiger partial charge < -0.3 is 30.1 Å². The van der Waals surface area contributed by atoms with Gasteiger partial charge in [0.15, 0.2) is 0 Å². The Kier molecular flexibility index (Phi) is 10.7. The highest BCUT2D eigenvalue weighted by Gasteiger charge is 2.51. The largest absolute Gasteiger partial charge is 0.470 e. The molecule has 0 spiro atoms. The number of halogens is 1. The van der Waals surface area contributed by atoms with Crippen molar-refractivity contribution in [1.29, 1.82) is 0 Å². The van der Waals surface area contributed by atoms with Crippen molar-refractivity contribution < 1.29 is 38.6 Å². The molecule has 0 aromatic heterocycles. The van der Waals surface area contributed by atoms with Gasteiger partial charge in [0.1, 0.15) is 29.9 Å². The maximum atomic E-state index is 13.2. The number of likely N-dealkylation sites (tertiary alicyclic amines) is 1. The number of piperidine rings is 1. The third kappa shape index (κ3) is 7.28. The number of carbonyl (C=O) groups excluding carboxylic acids is 1. The first kappa shape index (κ1) is 28.3. The average Bonchev–Trinajstić information content (AvgIpc) is 2.70. The monoisotopic (exact) mass is 518 g/mol. The molecule has 0 bridgehead atoms. The second kappa shape index (κ2) is 12.2. The quantitative estimate of drug-likeness (QED) is 0.220. The third-order valence-electron chi connectivity index (χ3n) is 6.21. The molecule has 9 atom stereocenters. The van der Waals surface area contributed by atoms with Gasteiger partial charge in [-0.05, 0) is 45.5 Å². The molecule has 5 N–H and O–H groups in total. The van der Waals surface area contributed by atoms with Gasteiger partial charge in [-0.1, -0.05) is 19.8 Å². The molecule has 2 rings (SSSR count). The number of alkyl halides is 1. The van der Waals surface area contributed by atoms with Gasteiger partial charge in [-0.15, -0.1) is 23.4 Å². The van der Waals surface area contributed by atoms with Crippen LogP contribution in [0.15, 0.2) is 0 Å². The molecule has 9 unspecified atom stereocenters. The lowest BCUT2D eigenvalue weighted by Gasteiger charge is -2.45. The van der Waals surface area contributed by atoms with Gasteiger partial charge in [-0.25, -0.2) is 4.57 Å². The van der Waals surface area contributed by atoms with Gasteiger partial charge >= 0.3 is 7.82 Å². The molecule has 2 fully saturated rings. The molecule has 2 aliphatic heterocycles. The summed E-state index contributed by atoms with van der Waals surface area (Å²) < 4.78 is 21.8. The van der Waals surface area contributed by atoms with Crippen molar-refractivity contribution >= 4 is 37.1 Å². The van der Waals surface area contributed by atoms with Gasteiger partial charge in [0.25, 0.3) is 0 Å². The van der Waals surface area contributed by atoms with Crippen molar-refractivity contribution in [2.45, 2.75) is 86.8 Å². The molecule has 13 heteroatoms. The van der Waals surface area contributed by atoms with E-state index in [4.69, 9.17) is 26.1 Å². The van der Waals surface area contributed by atoms with Crippen molar-refractivity contribution in [3.8, 4) is 0 Å². The number of phosphoric ester groups is 1. The molecule has 32 heavy (non-hydrogen) atoms. The average molecular weight is 519 g/mol. The number of rotatable bonds is 9. The van der Waals surface area contributed by atoms with Gasteiger partial charge in [0, 0.05) is 0 Å². The van der Waals surface area contributed by atoms with E-state index in [0.29, 0.717) is 5.92 Å². The van der Waals surface area contributed by atoms with Crippen molar-refractivity contribution in [2.24, 2.45) is 5.92 Å². The summed E-state index contributed by atoms with van der Waals surface area (Å²) in [5.41, 5.74) is -0.993. The molecule has 0 saturated carbocycles. The predicted octanol–water partition coefficient (Wildman–Crippen LogP) is 0.897. The Hall–Kier alpha value is 0.0600. The van der Waals surface area contributed by atoms with Crippen molar-refractivity contribution in [2.75, 3.05) is 19.8 Å². The van der Waals surface area contributed by atoms with E-state index in [1.807, 2.05) is 11.9 Å². The summed E-state index contributed by atoms with van der Waals surface area (Å²) in [6, 6.07) is -1.19. The summed E-state index contributed by atoms with van der Waals surface area (Å²) in [7, 11) is -3.04. The number of likely N-dealkylation sites (N-methyl/N-ethyl adjacent to an activating group) is 1. The smallest absolute Gasteiger partial charge is 0.388 e. The Labute approximate surface area is 198 Å². The number of phosphoric acid groups is 1. The second-order valence-corrected chi connectivity index (χ2v) is 11.5. The summed E-state index contributed by atoms with van der Waals surface area (Å²) >= 11 is 7.42. The molecule has 2 saturated heterocycles. The molecule has 1 amide bonds. The Morgan fingerprint density at radius 1 is 1.38 bits per heavy atom. The Bertz CT molecular complexity index is 669. The van der Waals surface area contributed by atoms with E-state index in [1.165, 1.54) is 0 Å². The predicted molar refractivity (Wildman–Crippen MR) is 122 cm³/mol. The fourth-order valence-corrected chi connectivity index (χ4v) is 6.04. The molecule has 0 aliphatic carbocycles. The first-order chi connectivity index (χ1) is 14.9. The molecular formula is C19H36ClN2O8PS. The summed E-state index contributed by atoms with van der Waals surface area (Å²) in [5, 5.41) is 23.5. The maximum Gasteiger partial charge on any atom is 0.470 e. The highest BCUT2D eigenvalue weighted by atomic mass is 35.5. The van der Waals surface area contributed by atoms with Crippen LogP contribution >= 0.6 is 31.2 Å². The van der Waals surface area contributed by atoms with E-state index in [0.717, 1.165) is 44.0 Å². The maximum absolute atomic E-state index is 13.2. The number of ether oxygens (including phenoxy) is 1. The van der Waals surface area contributed by atoms with Crippen LogP contribution in [-0.2, 0) is 18.6 Å². The third-order valence-corrected chi connectivity index (χ3v) is 7.84. The lowest BCUT2D eigenvalue weighted by Crippen LogP contribution is -2.65. The number of aliphatic hydroxyl groups excluding tert-OH is 2. The van der Waals surface area contributed by atoms with Gasteiger partial charge in [-0.3, -0.25) is 14.2 Å². The molecule has 188 valence electrons. The lowest BCUT2D eigenvalue weighted by molar-refractivity contribution is -0.201. The fraction of sp³-hybridized carbons (Fsp3) is 0.947. The number of nitrogens with one attached hydrogen (secondary N) is 1. The molecule has 2 aliphatic rings. The number of carbonyl (C=O) groups is 1. The van der Waals surface area contributed by atoms with Gasteiger partial charge in [0.05, 0.1) is 17.5 Å². The van der Waals surface area contributed by atoms with E-state index >= 15 is 0 Å². The van der Waals surface area contributed by atoms with E-state index in [9.17, 15) is 19.6 Å². The fourth-order valence-electron chi connectivity index (χ4n) is 4.47. The summed E-state index contributed by atoms with van der Waals surface area (Å²) in [4.78, 5) is 33.5. The highest BCUT2D eigenvalue weighted by Crippen LogP contribution is 2.43. The number of thioether (sulfide) groups is 1. The van der Waals surface area contributed by atoms with E-state index in [2.05, 4.69) is 16.8 Å². The van der Waals surface area contributed by atoms with Crippen LogP contribution in [0.3, 0.4) is 0 Å². The van der Waals surface area contributed by atoms with E-state index in [-0.39, 0.29) is 11.9 Å². The van der Waals surface area contributed by atoms with Crippen LogP contribution in [0.5, 0.6) is 0 Å². The van der Waals surface area contributed by atoms with Crippen LogP contribution in [0, 0.1) is 5.92 Å². The Morgan fingerprint density at radius 3 is 2.56 bits per heavy atom. The van der Waals surface area contributed by atoms with Crippen LogP contribution in [0.1, 0.15) is 39.5 Å². The zero-order valence-electron chi connectivity index (χ0n) is 18.8. The van der Waals surface area contributed by atoms with Gasteiger partial charge in [-0.2, -0.15) is 0 Å². The minimum Gasteiger partial charge on any atom is -0.388 e. The highest BCUT2D eigenvalue weighted by molar-refractivity contribution is 7.99. The van der Waals surface area contributed by atoms with Crippen LogP contribution < -0.4 is 5.32 Å². The van der Waals surface area contributed by atoms with Crippen LogP contribution in [0.2, 0.25) is 0 Å². The van der Waals surface area contributed by atoms with Crippen molar-refractivity contribution in [3.63, 3.8) is 0 Å².